The monoisotopic (exact) mass is 592 g/mol. The van der Waals surface area contributed by atoms with Crippen molar-refractivity contribution >= 4 is 28.6 Å². The number of ether oxygens (including phenoxy) is 1. The van der Waals surface area contributed by atoms with Crippen LogP contribution in [0.2, 0.25) is 0 Å². The third kappa shape index (κ3) is 6.70. The Kier molecular flexibility index (Phi) is 8.90. The summed E-state index contributed by atoms with van der Waals surface area (Å²) in [6, 6.07) is 31.0. The Labute approximate surface area is 258 Å². The first-order valence-electron chi connectivity index (χ1n) is 14.9. The molecule has 0 bridgehead atoms. The molecule has 0 unspecified atom stereocenters. The van der Waals surface area contributed by atoms with Gasteiger partial charge in [0.2, 0.25) is 0 Å². The zero-order valence-electron chi connectivity index (χ0n) is 25.7. The molecule has 0 spiro atoms. The van der Waals surface area contributed by atoms with E-state index < -0.39 is 5.60 Å². The van der Waals surface area contributed by atoms with Crippen LogP contribution in [-0.2, 0) is 4.74 Å². The Balaban J connectivity index is 1.48. The summed E-state index contributed by atoms with van der Waals surface area (Å²) >= 11 is 0. The highest BCUT2D eigenvalue weighted by molar-refractivity contribution is 5.99. The number of rotatable bonds is 7. The second kappa shape index (κ2) is 12.8. The molecular formula is C36H40N4O4. The highest BCUT2D eigenvalue weighted by Crippen LogP contribution is 2.37. The van der Waals surface area contributed by atoms with Gasteiger partial charge in [0, 0.05) is 42.6 Å². The Morgan fingerprint density at radius 3 is 2.25 bits per heavy atom. The van der Waals surface area contributed by atoms with Gasteiger partial charge in [0.1, 0.15) is 5.60 Å². The van der Waals surface area contributed by atoms with E-state index in [0.29, 0.717) is 30.8 Å². The molecule has 4 aromatic carbocycles. The second-order valence-electron chi connectivity index (χ2n) is 12.4. The van der Waals surface area contributed by atoms with E-state index in [4.69, 9.17) is 15.7 Å². The largest absolute Gasteiger partial charge is 0.444 e. The second-order valence-corrected chi connectivity index (χ2v) is 12.4. The molecule has 5 rings (SSSR count). The number of carbonyl (C=O) groups is 2. The Morgan fingerprint density at radius 1 is 0.932 bits per heavy atom. The molecule has 228 valence electrons. The van der Waals surface area contributed by atoms with Crippen LogP contribution in [0, 0.1) is 5.92 Å². The first-order chi connectivity index (χ1) is 21.1. The molecular weight excluding hydrogens is 552 g/mol. The Bertz CT molecular complexity index is 1640. The van der Waals surface area contributed by atoms with Crippen LogP contribution in [0.5, 0.6) is 0 Å². The number of benzene rings is 4. The SMILES string of the molecule is C[C@H](c1cccc2ccccc12)N(C[C@H]1CN(C(=O)c2ccc(/C(N)=N/O)cc2)C[C@@H]1c1ccccc1)C(=O)OC(C)(C)C. The van der Waals surface area contributed by atoms with Crippen molar-refractivity contribution < 1.29 is 19.5 Å². The lowest BCUT2D eigenvalue weighted by Gasteiger charge is -2.35. The molecule has 4 aromatic rings. The fraction of sp³-hybridized carbons (Fsp3) is 0.306. The number of fused-ring (bicyclic) bond motifs is 1. The molecule has 0 saturated carbocycles. The molecule has 0 aromatic heterocycles. The summed E-state index contributed by atoms with van der Waals surface area (Å²) < 4.78 is 5.96. The van der Waals surface area contributed by atoms with Crippen molar-refractivity contribution in [1.82, 2.24) is 9.80 Å². The van der Waals surface area contributed by atoms with Gasteiger partial charge in [-0.15, -0.1) is 0 Å². The topological polar surface area (TPSA) is 108 Å². The van der Waals surface area contributed by atoms with Gasteiger partial charge in [-0.05, 0) is 61.7 Å². The summed E-state index contributed by atoms with van der Waals surface area (Å²) in [4.78, 5) is 31.3. The molecule has 1 fully saturated rings. The van der Waals surface area contributed by atoms with Crippen molar-refractivity contribution in [3.63, 3.8) is 0 Å². The maximum atomic E-state index is 13.9. The summed E-state index contributed by atoms with van der Waals surface area (Å²) in [5.74, 6) is -0.147. The van der Waals surface area contributed by atoms with Crippen LogP contribution in [0.1, 0.15) is 66.7 Å². The molecule has 1 aliphatic heterocycles. The van der Waals surface area contributed by atoms with Gasteiger partial charge in [-0.1, -0.05) is 90.1 Å². The standard InChI is InChI=1S/C36H40N4O4/c1-24(30-16-10-14-25-13-8-9-15-31(25)30)40(35(42)44-36(2,3)4)22-29-21-39(23-32(29)26-11-6-5-7-12-26)34(41)28-19-17-27(18-20-28)33(37)38-43/h5-20,24,29,32,43H,21-23H2,1-4H3,(H2,37,38)/t24-,29-,32-/m1/s1. The van der Waals surface area contributed by atoms with Crippen LogP contribution in [0.15, 0.2) is 102 Å². The van der Waals surface area contributed by atoms with Crippen LogP contribution < -0.4 is 5.73 Å². The number of nitrogens with zero attached hydrogens (tertiary/aromatic N) is 3. The van der Waals surface area contributed by atoms with Crippen molar-refractivity contribution in [3.8, 4) is 0 Å². The number of nitrogens with two attached hydrogens (primary N) is 1. The van der Waals surface area contributed by atoms with Crippen LogP contribution in [0.3, 0.4) is 0 Å². The summed E-state index contributed by atoms with van der Waals surface area (Å²) in [7, 11) is 0. The Hall–Kier alpha value is -4.85. The van der Waals surface area contributed by atoms with Gasteiger partial charge < -0.3 is 25.5 Å². The maximum absolute atomic E-state index is 13.9. The van der Waals surface area contributed by atoms with Gasteiger partial charge >= 0.3 is 6.09 Å². The van der Waals surface area contributed by atoms with E-state index in [1.165, 1.54) is 0 Å². The summed E-state index contributed by atoms with van der Waals surface area (Å²) in [5.41, 5.74) is 8.25. The summed E-state index contributed by atoms with van der Waals surface area (Å²) in [6.07, 6.45) is -0.381. The highest BCUT2D eigenvalue weighted by atomic mass is 16.6. The van der Waals surface area contributed by atoms with Gasteiger partial charge in [0.15, 0.2) is 5.84 Å². The zero-order valence-corrected chi connectivity index (χ0v) is 25.7. The van der Waals surface area contributed by atoms with Gasteiger partial charge in [0.25, 0.3) is 5.91 Å². The fourth-order valence-electron chi connectivity index (χ4n) is 6.07. The van der Waals surface area contributed by atoms with Gasteiger partial charge in [-0.2, -0.15) is 0 Å². The lowest BCUT2D eigenvalue weighted by atomic mass is 9.88. The molecule has 0 aliphatic carbocycles. The first kappa shape index (κ1) is 30.6. The summed E-state index contributed by atoms with van der Waals surface area (Å²) in [5, 5.41) is 14.2. The third-order valence-corrected chi connectivity index (χ3v) is 8.29. The van der Waals surface area contributed by atoms with Gasteiger partial charge in [-0.3, -0.25) is 4.79 Å². The van der Waals surface area contributed by atoms with E-state index in [2.05, 4.69) is 41.6 Å². The van der Waals surface area contributed by atoms with Crippen LogP contribution in [0.4, 0.5) is 4.79 Å². The smallest absolute Gasteiger partial charge is 0.410 e. The molecule has 8 nitrogen and oxygen atoms in total. The minimum atomic E-state index is -0.666. The average Bonchev–Trinajstić information content (AvgIpc) is 3.46. The number of hydrogen-bond donors (Lipinski definition) is 2. The van der Waals surface area contributed by atoms with Gasteiger partial charge in [0.05, 0.1) is 6.04 Å². The quantitative estimate of drug-likeness (QED) is 0.106. The van der Waals surface area contributed by atoms with Crippen LogP contribution in [0.25, 0.3) is 10.8 Å². The molecule has 0 radical (unpaired) electrons. The lowest BCUT2D eigenvalue weighted by molar-refractivity contribution is 0.0137. The number of amides is 2. The lowest BCUT2D eigenvalue weighted by Crippen LogP contribution is -2.42. The van der Waals surface area contributed by atoms with E-state index in [-0.39, 0.29) is 35.7 Å². The van der Waals surface area contributed by atoms with E-state index >= 15 is 0 Å². The number of amidine groups is 1. The number of hydrogen-bond acceptors (Lipinski definition) is 5. The predicted octanol–water partition coefficient (Wildman–Crippen LogP) is 6.79. The average molecular weight is 593 g/mol. The molecule has 2 amide bonds. The zero-order chi connectivity index (χ0) is 31.4. The normalized spacial score (nSPS) is 17.8. The number of oxime groups is 1. The van der Waals surface area contributed by atoms with E-state index in [0.717, 1.165) is 21.9 Å². The van der Waals surface area contributed by atoms with E-state index in [1.54, 1.807) is 24.3 Å². The minimum absolute atomic E-state index is 0.0150. The van der Waals surface area contributed by atoms with Crippen molar-refractivity contribution in [2.75, 3.05) is 19.6 Å². The number of carbonyl (C=O) groups excluding carboxylic acids is 2. The molecule has 1 aliphatic rings. The van der Waals surface area contributed by atoms with Crippen LogP contribution >= 0.6 is 0 Å². The molecule has 1 heterocycles. The first-order valence-corrected chi connectivity index (χ1v) is 14.9. The van der Waals surface area contributed by atoms with Crippen molar-refractivity contribution in [3.05, 3.63) is 119 Å². The van der Waals surface area contributed by atoms with Crippen molar-refractivity contribution in [2.45, 2.75) is 45.3 Å². The van der Waals surface area contributed by atoms with E-state index in [1.807, 2.05) is 73.9 Å². The minimum Gasteiger partial charge on any atom is -0.444 e. The molecule has 44 heavy (non-hydrogen) atoms. The van der Waals surface area contributed by atoms with E-state index in [9.17, 15) is 9.59 Å². The molecule has 3 atom stereocenters. The molecule has 8 heteroatoms. The third-order valence-electron chi connectivity index (χ3n) is 8.29. The fourth-order valence-corrected chi connectivity index (χ4v) is 6.07. The van der Waals surface area contributed by atoms with Gasteiger partial charge in [-0.25, -0.2) is 4.79 Å². The molecule has 3 N–H and O–H groups in total. The molecule has 1 saturated heterocycles. The summed E-state index contributed by atoms with van der Waals surface area (Å²) in [6.45, 7) is 9.07. The highest BCUT2D eigenvalue weighted by Gasteiger charge is 2.40. The maximum Gasteiger partial charge on any atom is 0.410 e. The van der Waals surface area contributed by atoms with Crippen molar-refractivity contribution in [2.24, 2.45) is 16.8 Å². The predicted molar refractivity (Wildman–Crippen MR) is 173 cm³/mol. The van der Waals surface area contributed by atoms with Crippen LogP contribution in [-0.4, -0.2) is 58.1 Å². The Morgan fingerprint density at radius 2 is 1.57 bits per heavy atom. The number of likely N-dealkylation sites (tertiary alicyclic amines) is 1. The van der Waals surface area contributed by atoms with Crippen molar-refractivity contribution in [1.29, 1.82) is 0 Å².